The quantitative estimate of drug-likeness (QED) is 0.508. The Kier molecular flexibility index (Phi) is 4.70. The fraction of sp³-hybridized carbons (Fsp3) is 0.214. The predicted molar refractivity (Wildman–Crippen MR) is 129 cm³/mol. The molecule has 0 saturated carbocycles. The molecule has 0 spiro atoms. The molecule has 1 aliphatic rings. The Bertz CT molecular complexity index is 1380. The first-order valence-corrected chi connectivity index (χ1v) is 10.3. The van der Waals surface area contributed by atoms with E-state index in [-0.39, 0.29) is 0 Å². The molecule has 3 aromatic rings. The summed E-state index contributed by atoms with van der Waals surface area (Å²) in [5.41, 5.74) is 10.2. The van der Waals surface area contributed by atoms with Gasteiger partial charge in [-0.05, 0) is 84.0 Å². The lowest BCUT2D eigenvalue weighted by Crippen LogP contribution is -2.31. The lowest BCUT2D eigenvalue weighted by molar-refractivity contribution is 1.01. The Hall–Kier alpha value is -3.06. The van der Waals surface area contributed by atoms with Crippen molar-refractivity contribution in [2.45, 2.75) is 34.1 Å². The van der Waals surface area contributed by atoms with Crippen LogP contribution in [0.15, 0.2) is 65.8 Å². The zero-order valence-corrected chi connectivity index (χ0v) is 18.2. The van der Waals surface area contributed by atoms with Crippen LogP contribution in [0.5, 0.6) is 0 Å². The van der Waals surface area contributed by atoms with Gasteiger partial charge in [-0.3, -0.25) is 0 Å². The van der Waals surface area contributed by atoms with Gasteiger partial charge >= 0.3 is 0 Å². The molecule has 1 heterocycles. The summed E-state index contributed by atoms with van der Waals surface area (Å²) in [5.74, 6) is 0. The lowest BCUT2D eigenvalue weighted by atomic mass is 9.93. The number of benzene rings is 2. The van der Waals surface area contributed by atoms with Crippen LogP contribution in [0.1, 0.15) is 38.3 Å². The molecule has 1 aromatic heterocycles. The molecule has 0 fully saturated rings. The number of para-hydroxylation sites is 1. The van der Waals surface area contributed by atoms with Crippen molar-refractivity contribution in [1.82, 2.24) is 4.57 Å². The van der Waals surface area contributed by atoms with Crippen LogP contribution in [0.4, 0.5) is 0 Å². The first-order valence-electron chi connectivity index (χ1n) is 10.3. The van der Waals surface area contributed by atoms with Gasteiger partial charge in [0.05, 0.1) is 5.52 Å². The summed E-state index contributed by atoms with van der Waals surface area (Å²) >= 11 is 0. The molecule has 0 radical (unpaired) electrons. The van der Waals surface area contributed by atoms with E-state index in [1.54, 1.807) is 0 Å². The third-order valence-corrected chi connectivity index (χ3v) is 6.41. The van der Waals surface area contributed by atoms with Crippen molar-refractivity contribution in [2.75, 3.05) is 0 Å². The largest absolute Gasteiger partial charge is 0.343 e. The van der Waals surface area contributed by atoms with Gasteiger partial charge in [-0.25, -0.2) is 0 Å². The summed E-state index contributed by atoms with van der Waals surface area (Å²) in [6, 6.07) is 8.65. The minimum absolute atomic E-state index is 0.914. The SMILES string of the molecule is C=C1C(C)=C(/C=C\C)C/C1=c1\c(/C=C\C)c(C)c2c3ccccc3n(C)c2c1=C. The maximum atomic E-state index is 4.61. The third-order valence-electron chi connectivity index (χ3n) is 6.41. The standard InChI is InChI=1S/C28H29N/c1-8-12-21-16-24(18(4)17(21)3)26-20(6)28-27(19(5)22(26)13-9-2)23-14-10-11-15-25(23)29(28)7/h8-15H,4,6,16H2,1-3,5,7H3/b12-8-,13-9-,26-24+. The van der Waals surface area contributed by atoms with E-state index >= 15 is 0 Å². The molecule has 2 aromatic carbocycles. The van der Waals surface area contributed by atoms with Crippen molar-refractivity contribution >= 4 is 40.0 Å². The van der Waals surface area contributed by atoms with Gasteiger partial charge in [0.25, 0.3) is 0 Å². The van der Waals surface area contributed by atoms with Crippen molar-refractivity contribution in [3.05, 3.63) is 87.4 Å². The number of nitrogens with zero attached hydrogens (tertiary/aromatic N) is 1. The van der Waals surface area contributed by atoms with Crippen molar-refractivity contribution in [3.63, 3.8) is 0 Å². The second-order valence-corrected chi connectivity index (χ2v) is 7.98. The first kappa shape index (κ1) is 19.3. The van der Waals surface area contributed by atoms with Gasteiger partial charge in [0.2, 0.25) is 0 Å². The van der Waals surface area contributed by atoms with Crippen LogP contribution in [-0.2, 0) is 7.05 Å². The average molecular weight is 380 g/mol. The molecule has 4 rings (SSSR count). The van der Waals surface area contributed by atoms with Gasteiger partial charge in [-0.1, -0.05) is 55.7 Å². The van der Waals surface area contributed by atoms with Gasteiger partial charge in [0.15, 0.2) is 0 Å². The highest BCUT2D eigenvalue weighted by Gasteiger charge is 2.22. The Labute approximate surface area is 173 Å². The summed E-state index contributed by atoms with van der Waals surface area (Å²) in [5, 5.41) is 4.96. The Balaban J connectivity index is 2.26. The molecule has 0 amide bonds. The molecule has 0 atom stereocenters. The van der Waals surface area contributed by atoms with Crippen LogP contribution in [0.3, 0.4) is 0 Å². The van der Waals surface area contributed by atoms with Gasteiger partial charge in [0.1, 0.15) is 0 Å². The summed E-state index contributed by atoms with van der Waals surface area (Å²) in [6.07, 6.45) is 9.62. The van der Waals surface area contributed by atoms with Gasteiger partial charge in [-0.2, -0.15) is 0 Å². The number of allylic oxidation sites excluding steroid dienone is 6. The predicted octanol–water partition coefficient (Wildman–Crippen LogP) is 6.09. The van der Waals surface area contributed by atoms with E-state index in [0.717, 1.165) is 17.2 Å². The number of aromatic nitrogens is 1. The number of aryl methyl sites for hydroxylation is 2. The molecular formula is C28H29N. The first-order chi connectivity index (χ1) is 13.9. The zero-order valence-electron chi connectivity index (χ0n) is 18.2. The highest BCUT2D eigenvalue weighted by atomic mass is 14.9. The topological polar surface area (TPSA) is 4.93 Å². The van der Waals surface area contributed by atoms with E-state index in [9.17, 15) is 0 Å². The summed E-state index contributed by atoms with van der Waals surface area (Å²) < 4.78 is 2.30. The Morgan fingerprint density at radius 3 is 2.38 bits per heavy atom. The number of fused-ring (bicyclic) bond motifs is 3. The minimum atomic E-state index is 0.914. The van der Waals surface area contributed by atoms with Gasteiger partial charge in [-0.15, -0.1) is 0 Å². The molecule has 146 valence electrons. The van der Waals surface area contributed by atoms with E-state index in [1.165, 1.54) is 54.9 Å². The number of hydrogen-bond acceptors (Lipinski definition) is 0. The molecule has 1 heteroatoms. The molecule has 0 bridgehead atoms. The van der Waals surface area contributed by atoms with Crippen LogP contribution < -0.4 is 10.4 Å². The maximum absolute atomic E-state index is 4.61. The summed E-state index contributed by atoms with van der Waals surface area (Å²) in [6.45, 7) is 17.7. The minimum Gasteiger partial charge on any atom is -0.343 e. The second kappa shape index (κ2) is 7.08. The van der Waals surface area contributed by atoms with Crippen molar-refractivity contribution in [2.24, 2.45) is 7.05 Å². The molecule has 0 saturated heterocycles. The van der Waals surface area contributed by atoms with Crippen LogP contribution in [-0.4, -0.2) is 4.57 Å². The zero-order chi connectivity index (χ0) is 20.9. The van der Waals surface area contributed by atoms with Crippen molar-refractivity contribution in [3.8, 4) is 0 Å². The summed E-state index contributed by atoms with van der Waals surface area (Å²) in [4.78, 5) is 0. The van der Waals surface area contributed by atoms with E-state index in [0.29, 0.717) is 0 Å². The maximum Gasteiger partial charge on any atom is 0.0565 e. The monoisotopic (exact) mass is 379 g/mol. The molecule has 0 aliphatic heterocycles. The Morgan fingerprint density at radius 2 is 1.69 bits per heavy atom. The fourth-order valence-corrected chi connectivity index (χ4v) is 4.92. The van der Waals surface area contributed by atoms with Crippen LogP contribution >= 0.6 is 0 Å². The second-order valence-electron chi connectivity index (χ2n) is 7.98. The molecule has 1 nitrogen and oxygen atoms in total. The molecule has 0 unspecified atom stereocenters. The van der Waals surface area contributed by atoms with Gasteiger partial charge in [0, 0.05) is 23.3 Å². The molecule has 1 aliphatic carbocycles. The third kappa shape index (κ3) is 2.68. The molecule has 0 N–H and O–H groups in total. The number of hydrogen-bond donors (Lipinski definition) is 0. The average Bonchev–Trinajstić information content (AvgIpc) is 3.16. The fourth-order valence-electron chi connectivity index (χ4n) is 4.92. The normalized spacial score (nSPS) is 17.2. The summed E-state index contributed by atoms with van der Waals surface area (Å²) in [7, 11) is 2.15. The van der Waals surface area contributed by atoms with Crippen molar-refractivity contribution < 1.29 is 0 Å². The molecular weight excluding hydrogens is 350 g/mol. The van der Waals surface area contributed by atoms with Crippen LogP contribution in [0, 0.1) is 6.92 Å². The van der Waals surface area contributed by atoms with Crippen molar-refractivity contribution in [1.29, 1.82) is 0 Å². The Morgan fingerprint density at radius 1 is 1.00 bits per heavy atom. The van der Waals surface area contributed by atoms with E-state index in [2.05, 4.69) is 101 Å². The van der Waals surface area contributed by atoms with Crippen LogP contribution in [0.2, 0.25) is 0 Å². The molecule has 29 heavy (non-hydrogen) atoms. The highest BCUT2D eigenvalue weighted by molar-refractivity contribution is 6.11. The van der Waals surface area contributed by atoms with Crippen LogP contribution in [0.25, 0.3) is 40.0 Å². The van der Waals surface area contributed by atoms with Gasteiger partial charge < -0.3 is 4.57 Å². The lowest BCUT2D eigenvalue weighted by Gasteiger charge is -2.12. The van der Waals surface area contributed by atoms with E-state index in [1.807, 2.05) is 0 Å². The van der Waals surface area contributed by atoms with E-state index < -0.39 is 0 Å². The highest BCUT2D eigenvalue weighted by Crippen LogP contribution is 2.37. The van der Waals surface area contributed by atoms with E-state index in [4.69, 9.17) is 0 Å². The smallest absolute Gasteiger partial charge is 0.0565 e. The number of rotatable bonds is 2.